The Hall–Kier alpha value is -4.05. The second-order valence-corrected chi connectivity index (χ2v) is 8.40. The first-order chi connectivity index (χ1) is 17.5. The van der Waals surface area contributed by atoms with E-state index in [-0.39, 0.29) is 29.5 Å². The standard InChI is InChI=1S/C24H21BrF3N5O4/c1-4-37-23(35)32-31-22-30-20(17-9-8-14(12-29)10-18(17)25)19(21(34)36-3)13(2)33(22)16-7-5-6-15(11-16)24(26,27)28/h5-11,20H,4H2,1-3H3,(H,30,31)(H,32,35). The maximum atomic E-state index is 13.5. The number of ether oxygens (including phenoxy) is 2. The van der Waals surface area contributed by atoms with Crippen molar-refractivity contribution in [2.75, 3.05) is 18.6 Å². The Kier molecular flexibility index (Phi) is 8.44. The third-order valence-corrected chi connectivity index (χ3v) is 5.96. The predicted octanol–water partition coefficient (Wildman–Crippen LogP) is 4.95. The molecule has 0 fully saturated rings. The molecule has 2 aromatic carbocycles. The van der Waals surface area contributed by atoms with Crippen LogP contribution in [0.25, 0.3) is 0 Å². The van der Waals surface area contributed by atoms with Crippen LogP contribution in [0, 0.1) is 11.3 Å². The maximum absolute atomic E-state index is 13.5. The molecule has 0 spiro atoms. The van der Waals surface area contributed by atoms with Gasteiger partial charge in [-0.05, 0) is 49.7 Å². The Morgan fingerprint density at radius 2 is 1.97 bits per heavy atom. The fraction of sp³-hybridized carbons (Fsp3) is 0.250. The van der Waals surface area contributed by atoms with Crippen molar-refractivity contribution >= 4 is 39.6 Å². The first kappa shape index (κ1) is 27.5. The number of hydrogen-bond acceptors (Lipinski definition) is 8. The van der Waals surface area contributed by atoms with Crippen molar-refractivity contribution < 1.29 is 32.2 Å². The number of esters is 1. The van der Waals surface area contributed by atoms with E-state index in [0.717, 1.165) is 12.1 Å². The lowest BCUT2D eigenvalue weighted by Crippen LogP contribution is -2.52. The summed E-state index contributed by atoms with van der Waals surface area (Å²) >= 11 is 3.39. The number of nitriles is 1. The van der Waals surface area contributed by atoms with Crippen LogP contribution in [-0.2, 0) is 20.4 Å². The second-order valence-electron chi connectivity index (χ2n) is 7.55. The number of guanidine groups is 1. The number of allylic oxidation sites excluding steroid dienone is 1. The molecule has 0 bridgehead atoms. The van der Waals surface area contributed by atoms with Gasteiger partial charge in [0.2, 0.25) is 5.96 Å². The van der Waals surface area contributed by atoms with Gasteiger partial charge in [0.15, 0.2) is 0 Å². The molecule has 0 saturated heterocycles. The summed E-state index contributed by atoms with van der Waals surface area (Å²) in [5.74, 6) is -0.865. The van der Waals surface area contributed by atoms with Crippen molar-refractivity contribution in [3.05, 3.63) is 74.9 Å². The lowest BCUT2D eigenvalue weighted by Gasteiger charge is -2.35. The molecule has 0 saturated carbocycles. The van der Waals surface area contributed by atoms with Crippen molar-refractivity contribution in [1.29, 1.82) is 5.26 Å². The van der Waals surface area contributed by atoms with E-state index in [0.29, 0.717) is 15.6 Å². The molecule has 37 heavy (non-hydrogen) atoms. The highest BCUT2D eigenvalue weighted by atomic mass is 79.9. The average Bonchev–Trinajstić information content (AvgIpc) is 2.86. The Bertz CT molecular complexity index is 1320. The van der Waals surface area contributed by atoms with Gasteiger partial charge in [0.05, 0.1) is 36.5 Å². The number of carbonyl (C=O) groups is 2. The molecule has 1 heterocycles. The molecule has 1 aliphatic heterocycles. The van der Waals surface area contributed by atoms with Crippen LogP contribution in [0.4, 0.5) is 23.7 Å². The molecule has 0 aromatic heterocycles. The van der Waals surface area contributed by atoms with Crippen LogP contribution in [0.1, 0.15) is 36.6 Å². The summed E-state index contributed by atoms with van der Waals surface area (Å²) in [6, 6.07) is 10.1. The number of aliphatic imine (C=N–C) groups is 1. The smallest absolute Gasteiger partial charge is 0.426 e. The number of benzene rings is 2. The average molecular weight is 580 g/mol. The molecular formula is C24H21BrF3N5O4. The van der Waals surface area contributed by atoms with Gasteiger partial charge in [0.1, 0.15) is 6.04 Å². The predicted molar refractivity (Wildman–Crippen MR) is 131 cm³/mol. The highest BCUT2D eigenvalue weighted by Crippen LogP contribution is 2.40. The third kappa shape index (κ3) is 6.03. The number of hydrogen-bond donors (Lipinski definition) is 2. The third-order valence-electron chi connectivity index (χ3n) is 5.27. The summed E-state index contributed by atoms with van der Waals surface area (Å²) in [6.45, 7) is 3.18. The van der Waals surface area contributed by atoms with Crippen molar-refractivity contribution in [1.82, 2.24) is 10.9 Å². The van der Waals surface area contributed by atoms with E-state index in [9.17, 15) is 28.0 Å². The van der Waals surface area contributed by atoms with E-state index in [2.05, 4.69) is 31.8 Å². The number of carbonyl (C=O) groups excluding carboxylic acids is 2. The number of anilines is 1. The summed E-state index contributed by atoms with van der Waals surface area (Å²) in [5, 5.41) is 9.20. The summed E-state index contributed by atoms with van der Waals surface area (Å²) in [6.07, 6.45) is -5.48. The van der Waals surface area contributed by atoms with Gasteiger partial charge in [-0.3, -0.25) is 10.3 Å². The quantitative estimate of drug-likeness (QED) is 0.388. The van der Waals surface area contributed by atoms with Crippen molar-refractivity contribution in [2.45, 2.75) is 26.1 Å². The van der Waals surface area contributed by atoms with E-state index in [1.165, 1.54) is 43.2 Å². The Labute approximate surface area is 218 Å². The van der Waals surface area contributed by atoms with Gasteiger partial charge in [-0.1, -0.05) is 28.1 Å². The normalized spacial score (nSPS) is 15.5. The molecule has 2 N–H and O–H groups in total. The van der Waals surface area contributed by atoms with Gasteiger partial charge < -0.3 is 9.47 Å². The maximum Gasteiger partial charge on any atom is 0.426 e. The van der Waals surface area contributed by atoms with Crippen LogP contribution in [0.5, 0.6) is 0 Å². The zero-order valence-corrected chi connectivity index (χ0v) is 21.4. The number of nitrogens with one attached hydrogen (secondary N) is 2. The van der Waals surface area contributed by atoms with Crippen LogP contribution in [-0.4, -0.2) is 31.7 Å². The molecule has 2 aromatic rings. The minimum atomic E-state index is -4.63. The van der Waals surface area contributed by atoms with Crippen LogP contribution >= 0.6 is 15.9 Å². The number of nitrogens with zero attached hydrogens (tertiary/aromatic N) is 3. The van der Waals surface area contributed by atoms with Crippen molar-refractivity contribution in [2.24, 2.45) is 4.99 Å². The SMILES string of the molecule is CCOC(=O)NNC1=NC(c2ccc(C#N)cc2Br)C(C(=O)OC)=C(C)N1c1cccc(C(F)(F)F)c1. The van der Waals surface area contributed by atoms with Crippen LogP contribution in [0.3, 0.4) is 0 Å². The minimum Gasteiger partial charge on any atom is -0.466 e. The van der Waals surface area contributed by atoms with Crippen molar-refractivity contribution in [3.63, 3.8) is 0 Å². The van der Waals surface area contributed by atoms with Crippen LogP contribution in [0.15, 0.2) is 63.2 Å². The number of methoxy groups -OCH3 is 1. The summed E-state index contributed by atoms with van der Waals surface area (Å²) in [7, 11) is 1.17. The number of halogens is 4. The zero-order chi connectivity index (χ0) is 27.3. The lowest BCUT2D eigenvalue weighted by molar-refractivity contribution is -0.138. The molecule has 1 unspecified atom stereocenters. The first-order valence-electron chi connectivity index (χ1n) is 10.7. The number of hydrazine groups is 1. The second kappa shape index (κ2) is 11.3. The molecule has 194 valence electrons. The zero-order valence-electron chi connectivity index (χ0n) is 19.8. The molecular weight excluding hydrogens is 559 g/mol. The Balaban J connectivity index is 2.22. The molecule has 0 radical (unpaired) electrons. The van der Waals surface area contributed by atoms with Gasteiger partial charge in [0.25, 0.3) is 0 Å². The van der Waals surface area contributed by atoms with Gasteiger partial charge >= 0.3 is 18.2 Å². The summed E-state index contributed by atoms with van der Waals surface area (Å²) in [4.78, 5) is 30.7. The highest BCUT2D eigenvalue weighted by Gasteiger charge is 2.37. The largest absolute Gasteiger partial charge is 0.466 e. The van der Waals surface area contributed by atoms with Gasteiger partial charge in [-0.15, -0.1) is 0 Å². The molecule has 1 aliphatic rings. The van der Waals surface area contributed by atoms with Gasteiger partial charge in [0, 0.05) is 15.9 Å². The molecule has 1 atom stereocenters. The summed E-state index contributed by atoms with van der Waals surface area (Å²) < 4.78 is 50.7. The lowest BCUT2D eigenvalue weighted by atomic mass is 9.94. The monoisotopic (exact) mass is 579 g/mol. The number of rotatable bonds is 4. The minimum absolute atomic E-state index is 0.0166. The topological polar surface area (TPSA) is 116 Å². The molecule has 13 heteroatoms. The van der Waals surface area contributed by atoms with E-state index in [1.807, 2.05) is 6.07 Å². The van der Waals surface area contributed by atoms with E-state index in [1.54, 1.807) is 13.0 Å². The fourth-order valence-electron chi connectivity index (χ4n) is 3.63. The number of alkyl halides is 3. The number of amides is 1. The molecule has 1 amide bonds. The Morgan fingerprint density at radius 3 is 2.57 bits per heavy atom. The van der Waals surface area contributed by atoms with Gasteiger partial charge in [-0.25, -0.2) is 20.0 Å². The van der Waals surface area contributed by atoms with E-state index >= 15 is 0 Å². The molecule has 3 rings (SSSR count). The summed E-state index contributed by atoms with van der Waals surface area (Å²) in [5.41, 5.74) is 5.00. The van der Waals surface area contributed by atoms with Gasteiger partial charge in [-0.2, -0.15) is 18.4 Å². The molecule has 0 aliphatic carbocycles. The van der Waals surface area contributed by atoms with Crippen molar-refractivity contribution in [3.8, 4) is 6.07 Å². The highest BCUT2D eigenvalue weighted by molar-refractivity contribution is 9.10. The van der Waals surface area contributed by atoms with E-state index < -0.39 is 29.8 Å². The Morgan fingerprint density at radius 1 is 1.24 bits per heavy atom. The van der Waals surface area contributed by atoms with Crippen LogP contribution in [0.2, 0.25) is 0 Å². The molecule has 9 nitrogen and oxygen atoms in total. The van der Waals surface area contributed by atoms with Crippen LogP contribution < -0.4 is 15.8 Å². The fourth-order valence-corrected chi connectivity index (χ4v) is 4.23. The van der Waals surface area contributed by atoms with E-state index in [4.69, 9.17) is 9.47 Å². The first-order valence-corrected chi connectivity index (χ1v) is 11.5.